The Hall–Kier alpha value is -3.04. The van der Waals surface area contributed by atoms with Crippen LogP contribution in [0.5, 0.6) is 0 Å². The van der Waals surface area contributed by atoms with Gasteiger partial charge in [-0.25, -0.2) is 18.0 Å². The molecule has 8 nitrogen and oxygen atoms in total. The lowest BCUT2D eigenvalue weighted by atomic mass is 9.86. The molecular weight excluding hydrogens is 466 g/mol. The summed E-state index contributed by atoms with van der Waals surface area (Å²) in [4.78, 5) is 39.9. The van der Waals surface area contributed by atoms with Crippen LogP contribution in [0.3, 0.4) is 0 Å². The van der Waals surface area contributed by atoms with Crippen molar-refractivity contribution < 1.29 is 22.8 Å². The first kappa shape index (κ1) is 25.1. The second kappa shape index (κ2) is 9.91. The summed E-state index contributed by atoms with van der Waals surface area (Å²) in [5, 5.41) is 2.37. The number of anilines is 2. The van der Waals surface area contributed by atoms with Gasteiger partial charge in [-0.1, -0.05) is 19.1 Å². The topological polar surface area (TPSA) is 113 Å². The molecule has 2 aliphatic rings. The van der Waals surface area contributed by atoms with Crippen molar-refractivity contribution in [3.05, 3.63) is 59.2 Å². The minimum Gasteiger partial charge on any atom is -0.326 e. The van der Waals surface area contributed by atoms with Crippen LogP contribution in [-0.4, -0.2) is 37.4 Å². The summed E-state index contributed by atoms with van der Waals surface area (Å²) in [6.07, 6.45) is 3.18. The van der Waals surface area contributed by atoms with E-state index in [0.29, 0.717) is 42.6 Å². The smallest absolute Gasteiger partial charge is 0.266 e. The fourth-order valence-corrected chi connectivity index (χ4v) is 5.49. The number of hydrogen-bond acceptors (Lipinski definition) is 5. The predicted molar refractivity (Wildman–Crippen MR) is 135 cm³/mol. The van der Waals surface area contributed by atoms with E-state index in [1.54, 1.807) is 44.2 Å². The van der Waals surface area contributed by atoms with Gasteiger partial charge < -0.3 is 5.32 Å². The first-order valence-corrected chi connectivity index (χ1v) is 13.6. The summed E-state index contributed by atoms with van der Waals surface area (Å²) < 4.78 is 26.9. The molecule has 1 fully saturated rings. The van der Waals surface area contributed by atoms with E-state index in [4.69, 9.17) is 0 Å². The highest BCUT2D eigenvalue weighted by Crippen LogP contribution is 2.31. The number of nitrogens with one attached hydrogen (secondary N) is 2. The van der Waals surface area contributed by atoms with E-state index < -0.39 is 21.2 Å². The fourth-order valence-electron chi connectivity index (χ4n) is 4.52. The molecule has 1 aliphatic carbocycles. The molecule has 0 spiro atoms. The monoisotopic (exact) mass is 497 g/mol. The predicted octanol–water partition coefficient (Wildman–Crippen LogP) is 3.87. The van der Waals surface area contributed by atoms with Gasteiger partial charge in [0.2, 0.25) is 15.9 Å². The van der Waals surface area contributed by atoms with Crippen LogP contribution in [0.1, 0.15) is 72.7 Å². The number of nitrogens with zero attached hydrogens (tertiary/aromatic N) is 1. The fraction of sp³-hybridized carbons (Fsp3) is 0.423. The molecule has 0 aromatic heterocycles. The second-order valence-electron chi connectivity index (χ2n) is 9.48. The summed E-state index contributed by atoms with van der Waals surface area (Å²) in [5.41, 5.74) is 2.66. The Balaban J connectivity index is 1.40. The average Bonchev–Trinajstić information content (AvgIpc) is 3.08. The molecule has 0 atom stereocenters. The van der Waals surface area contributed by atoms with Crippen LogP contribution in [0, 0.1) is 5.92 Å². The molecule has 2 aromatic carbocycles. The third kappa shape index (κ3) is 5.16. The number of imide groups is 1. The van der Waals surface area contributed by atoms with Gasteiger partial charge in [0.05, 0.1) is 22.1 Å². The third-order valence-corrected chi connectivity index (χ3v) is 8.71. The number of benzene rings is 2. The van der Waals surface area contributed by atoms with E-state index in [1.807, 2.05) is 19.1 Å². The minimum atomic E-state index is -3.34. The molecule has 3 amide bonds. The van der Waals surface area contributed by atoms with Crippen molar-refractivity contribution in [2.75, 3.05) is 10.2 Å². The number of aryl methyl sites for hydroxylation is 1. The van der Waals surface area contributed by atoms with Crippen LogP contribution < -0.4 is 14.9 Å². The summed E-state index contributed by atoms with van der Waals surface area (Å²) >= 11 is 0. The number of amides is 3. The first-order valence-electron chi connectivity index (χ1n) is 12.0. The van der Waals surface area contributed by atoms with E-state index in [0.717, 1.165) is 16.9 Å². The maximum Gasteiger partial charge on any atom is 0.266 e. The minimum absolute atomic E-state index is 0.160. The lowest BCUT2D eigenvalue weighted by molar-refractivity contribution is -0.120. The SMILES string of the molecule is CCc1ccc(N2C(=O)c3ccc(NC(=O)C4CCC(NS(=O)(=O)C(C)C)CC4)cc3C2=O)cc1. The van der Waals surface area contributed by atoms with E-state index in [-0.39, 0.29) is 29.3 Å². The zero-order valence-corrected chi connectivity index (χ0v) is 21.0. The first-order chi connectivity index (χ1) is 16.6. The third-order valence-electron chi connectivity index (χ3n) is 6.81. The van der Waals surface area contributed by atoms with Crippen molar-refractivity contribution >= 4 is 39.1 Å². The molecule has 0 saturated heterocycles. The Morgan fingerprint density at radius 1 is 0.971 bits per heavy atom. The van der Waals surface area contributed by atoms with Gasteiger partial charge in [-0.05, 0) is 81.8 Å². The Morgan fingerprint density at radius 2 is 1.60 bits per heavy atom. The molecule has 1 saturated carbocycles. The van der Waals surface area contributed by atoms with Crippen molar-refractivity contribution in [1.29, 1.82) is 0 Å². The lowest BCUT2D eigenvalue weighted by Crippen LogP contribution is -2.42. The number of rotatable bonds is 7. The summed E-state index contributed by atoms with van der Waals surface area (Å²) in [5.74, 6) is -1.20. The second-order valence-corrected chi connectivity index (χ2v) is 11.7. The van der Waals surface area contributed by atoms with E-state index in [2.05, 4.69) is 10.0 Å². The van der Waals surface area contributed by atoms with Gasteiger partial charge in [-0.2, -0.15) is 0 Å². The zero-order chi connectivity index (χ0) is 25.3. The van der Waals surface area contributed by atoms with Gasteiger partial charge in [0.1, 0.15) is 0 Å². The van der Waals surface area contributed by atoms with Crippen LogP contribution in [-0.2, 0) is 21.2 Å². The molecule has 1 aliphatic heterocycles. The highest BCUT2D eigenvalue weighted by atomic mass is 32.2. The molecular formula is C26H31N3O5S. The number of fused-ring (bicyclic) bond motifs is 1. The lowest BCUT2D eigenvalue weighted by Gasteiger charge is -2.28. The standard InChI is InChI=1S/C26H31N3O5S/c1-4-17-5-12-21(13-6-17)29-25(31)22-14-11-20(15-23(22)26(29)32)27-24(30)18-7-9-19(10-8-18)28-35(33,34)16(2)3/h5-6,11-16,18-19,28H,4,7-10H2,1-3H3,(H,27,30). The van der Waals surface area contributed by atoms with Crippen molar-refractivity contribution in [3.63, 3.8) is 0 Å². The largest absolute Gasteiger partial charge is 0.326 e. The summed E-state index contributed by atoms with van der Waals surface area (Å²) in [6, 6.07) is 11.9. The molecule has 0 bridgehead atoms. The van der Waals surface area contributed by atoms with E-state index >= 15 is 0 Å². The zero-order valence-electron chi connectivity index (χ0n) is 20.2. The molecule has 1 heterocycles. The van der Waals surface area contributed by atoms with Crippen LogP contribution in [0.25, 0.3) is 0 Å². The van der Waals surface area contributed by atoms with E-state index in [1.165, 1.54) is 0 Å². The molecule has 2 N–H and O–H groups in total. The van der Waals surface area contributed by atoms with Crippen molar-refractivity contribution in [1.82, 2.24) is 4.72 Å². The van der Waals surface area contributed by atoms with Gasteiger partial charge in [-0.15, -0.1) is 0 Å². The number of hydrogen-bond donors (Lipinski definition) is 2. The van der Waals surface area contributed by atoms with E-state index in [9.17, 15) is 22.8 Å². The number of sulfonamides is 1. The van der Waals surface area contributed by atoms with Crippen molar-refractivity contribution in [2.45, 2.75) is 64.2 Å². The molecule has 0 radical (unpaired) electrons. The Labute approximate surface area is 206 Å². The van der Waals surface area contributed by atoms with Crippen LogP contribution in [0.15, 0.2) is 42.5 Å². The molecule has 9 heteroatoms. The van der Waals surface area contributed by atoms with Crippen molar-refractivity contribution in [2.24, 2.45) is 5.92 Å². The average molecular weight is 498 g/mol. The summed E-state index contributed by atoms with van der Waals surface area (Å²) in [6.45, 7) is 5.31. The quantitative estimate of drug-likeness (QED) is 0.564. The Bertz CT molecular complexity index is 1250. The van der Waals surface area contributed by atoms with Crippen LogP contribution in [0.4, 0.5) is 11.4 Å². The van der Waals surface area contributed by atoms with Gasteiger partial charge >= 0.3 is 0 Å². The summed E-state index contributed by atoms with van der Waals surface area (Å²) in [7, 11) is -3.34. The molecule has 2 aromatic rings. The van der Waals surface area contributed by atoms with Gasteiger partial charge in [0.25, 0.3) is 11.8 Å². The van der Waals surface area contributed by atoms with Crippen LogP contribution >= 0.6 is 0 Å². The van der Waals surface area contributed by atoms with Crippen LogP contribution in [0.2, 0.25) is 0 Å². The maximum atomic E-state index is 13.0. The van der Waals surface area contributed by atoms with Gasteiger partial charge in [0.15, 0.2) is 0 Å². The maximum absolute atomic E-state index is 13.0. The van der Waals surface area contributed by atoms with Gasteiger partial charge in [-0.3, -0.25) is 14.4 Å². The molecule has 186 valence electrons. The van der Waals surface area contributed by atoms with Gasteiger partial charge in [0, 0.05) is 17.6 Å². The molecule has 4 rings (SSSR count). The Morgan fingerprint density at radius 3 is 2.20 bits per heavy atom. The highest BCUT2D eigenvalue weighted by Gasteiger charge is 2.37. The van der Waals surface area contributed by atoms with Crippen molar-refractivity contribution in [3.8, 4) is 0 Å². The highest BCUT2D eigenvalue weighted by molar-refractivity contribution is 7.90. The Kier molecular flexibility index (Phi) is 7.10. The number of carbonyl (C=O) groups excluding carboxylic acids is 3. The molecule has 0 unspecified atom stereocenters. The normalized spacial score (nSPS) is 20.3. The number of carbonyl (C=O) groups is 3. The molecule has 35 heavy (non-hydrogen) atoms.